The minimum absolute atomic E-state index is 1.16. The zero-order chi connectivity index (χ0) is 27.6. The molecule has 0 fully saturated rings. The van der Waals surface area contributed by atoms with Gasteiger partial charge in [-0.25, -0.2) is 0 Å². The van der Waals surface area contributed by atoms with E-state index in [0.717, 1.165) is 5.69 Å². The van der Waals surface area contributed by atoms with Crippen molar-refractivity contribution in [2.75, 3.05) is 0 Å². The van der Waals surface area contributed by atoms with E-state index in [2.05, 4.69) is 161 Å². The molecule has 0 bridgehead atoms. The number of hydrogen-bond acceptors (Lipinski definition) is 0. The predicted octanol–water partition coefficient (Wildman–Crippen LogP) is 10.9. The lowest BCUT2D eigenvalue weighted by Gasteiger charge is -2.11. The van der Waals surface area contributed by atoms with Gasteiger partial charge in [0.1, 0.15) is 0 Å². The number of H-pyrrole nitrogens is 1. The van der Waals surface area contributed by atoms with Gasteiger partial charge in [0, 0.05) is 38.3 Å². The molecular formula is C40H26N2. The van der Waals surface area contributed by atoms with E-state index >= 15 is 0 Å². The molecule has 2 nitrogen and oxygen atoms in total. The Balaban J connectivity index is 1.21. The number of hydrogen-bond donors (Lipinski definition) is 1. The van der Waals surface area contributed by atoms with Crippen LogP contribution >= 0.6 is 0 Å². The van der Waals surface area contributed by atoms with Crippen LogP contribution in [0.15, 0.2) is 152 Å². The summed E-state index contributed by atoms with van der Waals surface area (Å²) < 4.78 is 2.41. The van der Waals surface area contributed by atoms with Crippen molar-refractivity contribution in [1.82, 2.24) is 9.55 Å². The summed E-state index contributed by atoms with van der Waals surface area (Å²) in [5, 5.41) is 7.60. The van der Waals surface area contributed by atoms with Gasteiger partial charge < -0.3 is 9.55 Å². The molecule has 0 saturated carbocycles. The molecule has 0 aliphatic heterocycles. The Morgan fingerprint density at radius 1 is 0.381 bits per heavy atom. The Morgan fingerprint density at radius 2 is 1.00 bits per heavy atom. The van der Waals surface area contributed by atoms with E-state index in [9.17, 15) is 0 Å². The molecule has 42 heavy (non-hydrogen) atoms. The molecule has 2 heterocycles. The van der Waals surface area contributed by atoms with Crippen molar-refractivity contribution in [3.8, 4) is 27.9 Å². The van der Waals surface area contributed by atoms with Crippen LogP contribution in [0.5, 0.6) is 0 Å². The molecule has 0 aliphatic carbocycles. The average molecular weight is 535 g/mol. The summed E-state index contributed by atoms with van der Waals surface area (Å²) in [5.41, 5.74) is 10.8. The Kier molecular flexibility index (Phi) is 4.93. The van der Waals surface area contributed by atoms with Crippen LogP contribution in [0.1, 0.15) is 0 Å². The van der Waals surface area contributed by atoms with Crippen LogP contribution in [0.25, 0.3) is 82.3 Å². The second-order valence-corrected chi connectivity index (χ2v) is 11.1. The smallest absolute Gasteiger partial charge is 0.0547 e. The quantitative estimate of drug-likeness (QED) is 0.233. The van der Waals surface area contributed by atoms with Crippen molar-refractivity contribution >= 4 is 54.4 Å². The molecule has 2 aromatic heterocycles. The monoisotopic (exact) mass is 534 g/mol. The molecule has 0 saturated heterocycles. The maximum Gasteiger partial charge on any atom is 0.0547 e. The third-order valence-electron chi connectivity index (χ3n) is 8.74. The lowest BCUT2D eigenvalue weighted by molar-refractivity contribution is 1.18. The van der Waals surface area contributed by atoms with Crippen molar-refractivity contribution in [1.29, 1.82) is 0 Å². The summed E-state index contributed by atoms with van der Waals surface area (Å²) >= 11 is 0. The second-order valence-electron chi connectivity index (χ2n) is 11.1. The minimum atomic E-state index is 1.16. The van der Waals surface area contributed by atoms with Gasteiger partial charge in [-0.15, -0.1) is 0 Å². The van der Waals surface area contributed by atoms with Crippen molar-refractivity contribution in [2.45, 2.75) is 0 Å². The zero-order valence-corrected chi connectivity index (χ0v) is 22.9. The number of nitrogens with zero attached hydrogens (tertiary/aromatic N) is 1. The number of para-hydroxylation sites is 2. The largest absolute Gasteiger partial charge is 0.354 e. The molecule has 0 amide bonds. The normalized spacial score (nSPS) is 11.8. The van der Waals surface area contributed by atoms with Crippen LogP contribution in [0.3, 0.4) is 0 Å². The number of rotatable bonds is 3. The summed E-state index contributed by atoms with van der Waals surface area (Å²) in [6, 6.07) is 55.1. The van der Waals surface area contributed by atoms with Crippen molar-refractivity contribution in [3.63, 3.8) is 0 Å². The molecule has 0 aliphatic rings. The third-order valence-corrected chi connectivity index (χ3v) is 8.74. The molecule has 0 atom stereocenters. The summed E-state index contributed by atoms with van der Waals surface area (Å²) in [7, 11) is 0. The van der Waals surface area contributed by atoms with Gasteiger partial charge in [-0.1, -0.05) is 115 Å². The van der Waals surface area contributed by atoms with Gasteiger partial charge in [-0.05, 0) is 69.4 Å². The van der Waals surface area contributed by atoms with Crippen LogP contribution in [0, 0.1) is 0 Å². The Bertz CT molecular complexity index is 2450. The first-order valence-corrected chi connectivity index (χ1v) is 14.4. The number of nitrogens with one attached hydrogen (secondary N) is 1. The molecule has 196 valence electrons. The third kappa shape index (κ3) is 3.45. The van der Waals surface area contributed by atoms with Crippen LogP contribution in [-0.2, 0) is 0 Å². The van der Waals surface area contributed by atoms with Crippen LogP contribution < -0.4 is 0 Å². The van der Waals surface area contributed by atoms with E-state index in [1.165, 1.54) is 76.6 Å². The summed E-state index contributed by atoms with van der Waals surface area (Å²) in [6.45, 7) is 0. The van der Waals surface area contributed by atoms with Gasteiger partial charge in [0.15, 0.2) is 0 Å². The maximum atomic E-state index is 3.61. The molecule has 7 aromatic carbocycles. The standard InChI is InChI=1S/C40H26N2/c1-2-10-31-26(8-1)9-7-13-32(31)27-16-20-30(21-17-27)42-39-15-6-4-12-35(39)36-23-19-29(25-40(36)42)28-18-22-34-33-11-3-5-14-37(33)41-38(34)24-28/h1-25,41H. The van der Waals surface area contributed by atoms with E-state index in [4.69, 9.17) is 0 Å². The fourth-order valence-electron chi connectivity index (χ4n) is 6.73. The first kappa shape index (κ1) is 23.1. The summed E-state index contributed by atoms with van der Waals surface area (Å²) in [6.07, 6.45) is 0. The van der Waals surface area contributed by atoms with Gasteiger partial charge >= 0.3 is 0 Å². The molecule has 0 radical (unpaired) electrons. The molecular weight excluding hydrogens is 508 g/mol. The fraction of sp³-hybridized carbons (Fsp3) is 0. The minimum Gasteiger partial charge on any atom is -0.354 e. The van der Waals surface area contributed by atoms with E-state index < -0.39 is 0 Å². The number of aromatic amines is 1. The summed E-state index contributed by atoms with van der Waals surface area (Å²) in [5.74, 6) is 0. The second kappa shape index (κ2) is 8.95. The molecule has 0 unspecified atom stereocenters. The lowest BCUT2D eigenvalue weighted by atomic mass is 9.98. The van der Waals surface area contributed by atoms with Gasteiger partial charge in [0.05, 0.1) is 11.0 Å². The highest BCUT2D eigenvalue weighted by Crippen LogP contribution is 2.37. The van der Waals surface area contributed by atoms with Gasteiger partial charge in [-0.3, -0.25) is 0 Å². The van der Waals surface area contributed by atoms with E-state index in [1.807, 2.05) is 0 Å². The zero-order valence-electron chi connectivity index (χ0n) is 22.9. The van der Waals surface area contributed by atoms with E-state index in [1.54, 1.807) is 0 Å². The summed E-state index contributed by atoms with van der Waals surface area (Å²) in [4.78, 5) is 3.61. The highest BCUT2D eigenvalue weighted by atomic mass is 15.0. The van der Waals surface area contributed by atoms with Crippen molar-refractivity contribution < 1.29 is 0 Å². The lowest BCUT2D eigenvalue weighted by Crippen LogP contribution is -1.94. The molecule has 2 heteroatoms. The number of fused-ring (bicyclic) bond motifs is 7. The topological polar surface area (TPSA) is 20.7 Å². The van der Waals surface area contributed by atoms with Crippen LogP contribution in [0.4, 0.5) is 0 Å². The maximum absolute atomic E-state index is 3.61. The highest BCUT2D eigenvalue weighted by Gasteiger charge is 2.14. The SMILES string of the molecule is c1ccc2c(-c3ccc(-n4c5ccccc5c5ccc(-c6ccc7c(c6)[nH]c6ccccc67)cc54)cc3)cccc2c1. The van der Waals surface area contributed by atoms with Crippen LogP contribution in [0.2, 0.25) is 0 Å². The molecule has 9 rings (SSSR count). The number of aromatic nitrogens is 2. The Hall–Kier alpha value is -5.60. The first-order valence-electron chi connectivity index (χ1n) is 14.4. The van der Waals surface area contributed by atoms with Crippen LogP contribution in [-0.4, -0.2) is 9.55 Å². The molecule has 0 spiro atoms. The Morgan fingerprint density at radius 3 is 1.88 bits per heavy atom. The highest BCUT2D eigenvalue weighted by molar-refractivity contribution is 6.11. The predicted molar refractivity (Wildman–Crippen MR) is 179 cm³/mol. The fourth-order valence-corrected chi connectivity index (χ4v) is 6.73. The van der Waals surface area contributed by atoms with Crippen molar-refractivity contribution in [3.05, 3.63) is 152 Å². The first-order chi connectivity index (χ1) is 20.8. The van der Waals surface area contributed by atoms with Gasteiger partial charge in [0.25, 0.3) is 0 Å². The average Bonchev–Trinajstić information content (AvgIpc) is 3.59. The van der Waals surface area contributed by atoms with Gasteiger partial charge in [0.2, 0.25) is 0 Å². The molecule has 9 aromatic rings. The van der Waals surface area contributed by atoms with E-state index in [-0.39, 0.29) is 0 Å². The van der Waals surface area contributed by atoms with Gasteiger partial charge in [-0.2, -0.15) is 0 Å². The molecule has 1 N–H and O–H groups in total. The number of benzene rings is 7. The van der Waals surface area contributed by atoms with Crippen molar-refractivity contribution in [2.24, 2.45) is 0 Å². The Labute approximate surface area is 243 Å². The van der Waals surface area contributed by atoms with E-state index in [0.29, 0.717) is 0 Å².